The standard InChI is InChI=1S/C27H22ClNO6/c1-15(2)35-27(34)18-5-11-20(12-6-18)29-23(16-7-13-21(30)14-8-16)22(25(32)26(29)33)24(31)17-3-9-19(28)10-4-17/h3-15,23,30-31H,1-2H3/b24-22+. The lowest BCUT2D eigenvalue weighted by atomic mass is 9.95. The van der Waals surface area contributed by atoms with Crippen molar-refractivity contribution in [1.29, 1.82) is 0 Å². The van der Waals surface area contributed by atoms with Crippen LogP contribution in [0.15, 0.2) is 78.4 Å². The Morgan fingerprint density at radius 1 is 0.914 bits per heavy atom. The number of benzene rings is 3. The highest BCUT2D eigenvalue weighted by atomic mass is 35.5. The maximum atomic E-state index is 13.2. The molecule has 3 aromatic carbocycles. The molecule has 1 heterocycles. The van der Waals surface area contributed by atoms with Crippen LogP contribution < -0.4 is 4.90 Å². The van der Waals surface area contributed by atoms with Gasteiger partial charge < -0.3 is 14.9 Å². The minimum Gasteiger partial charge on any atom is -0.508 e. The zero-order valence-electron chi connectivity index (χ0n) is 18.9. The summed E-state index contributed by atoms with van der Waals surface area (Å²) in [6.45, 7) is 3.48. The van der Waals surface area contributed by atoms with E-state index in [9.17, 15) is 24.6 Å². The average molecular weight is 492 g/mol. The second-order valence-electron chi connectivity index (χ2n) is 8.27. The molecule has 0 aromatic heterocycles. The van der Waals surface area contributed by atoms with Crippen molar-refractivity contribution in [3.63, 3.8) is 0 Å². The Kier molecular flexibility index (Phi) is 6.62. The Hall–Kier alpha value is -4.10. The van der Waals surface area contributed by atoms with Gasteiger partial charge in [0.25, 0.3) is 11.7 Å². The van der Waals surface area contributed by atoms with Gasteiger partial charge in [-0.25, -0.2) is 4.79 Å². The van der Waals surface area contributed by atoms with E-state index in [-0.39, 0.29) is 23.2 Å². The predicted octanol–water partition coefficient (Wildman–Crippen LogP) is 5.24. The maximum Gasteiger partial charge on any atom is 0.338 e. The molecule has 35 heavy (non-hydrogen) atoms. The fourth-order valence-corrected chi connectivity index (χ4v) is 4.00. The molecule has 1 atom stereocenters. The van der Waals surface area contributed by atoms with Crippen LogP contribution >= 0.6 is 11.6 Å². The van der Waals surface area contributed by atoms with Crippen molar-refractivity contribution in [2.24, 2.45) is 0 Å². The number of aromatic hydroxyl groups is 1. The molecule has 1 aliphatic heterocycles. The predicted molar refractivity (Wildman–Crippen MR) is 131 cm³/mol. The first-order valence-electron chi connectivity index (χ1n) is 10.8. The van der Waals surface area contributed by atoms with Crippen LogP contribution in [-0.2, 0) is 14.3 Å². The third-order valence-corrected chi connectivity index (χ3v) is 5.75. The van der Waals surface area contributed by atoms with Crippen molar-refractivity contribution >= 4 is 40.7 Å². The van der Waals surface area contributed by atoms with Crippen molar-refractivity contribution in [3.05, 3.63) is 100 Å². The van der Waals surface area contributed by atoms with E-state index in [2.05, 4.69) is 0 Å². The molecule has 0 spiro atoms. The number of ketones is 1. The van der Waals surface area contributed by atoms with Gasteiger partial charge in [-0.15, -0.1) is 0 Å². The number of hydrogen-bond donors (Lipinski definition) is 2. The molecule has 0 aliphatic carbocycles. The number of aliphatic hydroxyl groups excluding tert-OH is 1. The molecule has 178 valence electrons. The number of amides is 1. The van der Waals surface area contributed by atoms with Crippen LogP contribution in [0.2, 0.25) is 5.02 Å². The SMILES string of the molecule is CC(C)OC(=O)c1ccc(N2C(=O)C(=O)/C(=C(/O)c3ccc(Cl)cc3)C2c2ccc(O)cc2)cc1. The normalized spacial score (nSPS) is 17.1. The average Bonchev–Trinajstić information content (AvgIpc) is 3.09. The number of ether oxygens (including phenoxy) is 1. The molecule has 1 amide bonds. The molecule has 3 aromatic rings. The first-order valence-corrected chi connectivity index (χ1v) is 11.2. The van der Waals surface area contributed by atoms with Gasteiger partial charge in [-0.05, 0) is 80.1 Å². The number of nitrogens with zero attached hydrogens (tertiary/aromatic N) is 1. The molecule has 0 saturated carbocycles. The highest BCUT2D eigenvalue weighted by molar-refractivity contribution is 6.51. The minimum atomic E-state index is -0.972. The van der Waals surface area contributed by atoms with Crippen LogP contribution in [-0.4, -0.2) is 34.0 Å². The van der Waals surface area contributed by atoms with Crippen LogP contribution in [0.4, 0.5) is 5.69 Å². The molecular weight excluding hydrogens is 470 g/mol. The summed E-state index contributed by atoms with van der Waals surface area (Å²) in [4.78, 5) is 39.8. The van der Waals surface area contributed by atoms with Crippen molar-refractivity contribution in [2.45, 2.75) is 26.0 Å². The van der Waals surface area contributed by atoms with E-state index < -0.39 is 23.7 Å². The van der Waals surface area contributed by atoms with Crippen molar-refractivity contribution in [3.8, 4) is 5.75 Å². The number of carbonyl (C=O) groups excluding carboxylic acids is 3. The number of esters is 1. The summed E-state index contributed by atoms with van der Waals surface area (Å²) in [6.07, 6.45) is -0.289. The summed E-state index contributed by atoms with van der Waals surface area (Å²) >= 11 is 5.95. The second-order valence-corrected chi connectivity index (χ2v) is 8.70. The number of halogens is 1. The van der Waals surface area contributed by atoms with Gasteiger partial charge in [0.15, 0.2) is 0 Å². The Bertz CT molecular complexity index is 1310. The molecule has 8 heteroatoms. The summed E-state index contributed by atoms with van der Waals surface area (Å²) in [5, 5.41) is 21.3. The summed E-state index contributed by atoms with van der Waals surface area (Å²) in [7, 11) is 0. The summed E-state index contributed by atoms with van der Waals surface area (Å²) in [5.41, 5.74) is 1.36. The molecule has 1 aliphatic rings. The lowest BCUT2D eigenvalue weighted by Crippen LogP contribution is -2.29. The van der Waals surface area contributed by atoms with E-state index in [1.807, 2.05) is 0 Å². The van der Waals surface area contributed by atoms with Crippen LogP contribution in [0, 0.1) is 0 Å². The van der Waals surface area contributed by atoms with E-state index >= 15 is 0 Å². The van der Waals surface area contributed by atoms with Crippen LogP contribution in [0.1, 0.15) is 41.4 Å². The Morgan fingerprint density at radius 2 is 1.49 bits per heavy atom. The van der Waals surface area contributed by atoms with Gasteiger partial charge in [-0.1, -0.05) is 23.7 Å². The minimum absolute atomic E-state index is 0.0106. The molecule has 0 bridgehead atoms. The number of phenols is 1. The number of hydrogen-bond acceptors (Lipinski definition) is 6. The fraction of sp³-hybridized carbons (Fsp3) is 0.148. The molecule has 1 fully saturated rings. The van der Waals surface area contributed by atoms with Gasteiger partial charge in [0, 0.05) is 16.3 Å². The zero-order chi connectivity index (χ0) is 25.3. The van der Waals surface area contributed by atoms with Crippen molar-refractivity contribution < 1.29 is 29.3 Å². The maximum absolute atomic E-state index is 13.2. The van der Waals surface area contributed by atoms with E-state index in [0.717, 1.165) is 0 Å². The molecular formula is C27H22ClNO6. The van der Waals surface area contributed by atoms with E-state index in [1.54, 1.807) is 50.2 Å². The van der Waals surface area contributed by atoms with Gasteiger partial charge >= 0.3 is 5.97 Å². The Morgan fingerprint density at radius 3 is 2.06 bits per heavy atom. The van der Waals surface area contributed by atoms with E-state index in [1.165, 1.54) is 41.3 Å². The van der Waals surface area contributed by atoms with E-state index in [0.29, 0.717) is 27.4 Å². The van der Waals surface area contributed by atoms with Gasteiger partial charge in [0.1, 0.15) is 11.5 Å². The first kappa shape index (κ1) is 24.0. The number of Topliss-reactive ketones (excluding diaryl/α,β-unsaturated/α-hetero) is 1. The van der Waals surface area contributed by atoms with Gasteiger partial charge in [-0.2, -0.15) is 0 Å². The summed E-state index contributed by atoms with van der Waals surface area (Å²) in [6, 6.07) is 17.4. The largest absolute Gasteiger partial charge is 0.508 e. The van der Waals surface area contributed by atoms with E-state index in [4.69, 9.17) is 16.3 Å². The number of phenolic OH excluding ortho intramolecular Hbond substituents is 1. The molecule has 1 unspecified atom stereocenters. The monoisotopic (exact) mass is 491 g/mol. The topological polar surface area (TPSA) is 104 Å². The van der Waals surface area contributed by atoms with Crippen LogP contribution in [0.5, 0.6) is 5.75 Å². The number of anilines is 1. The molecule has 7 nitrogen and oxygen atoms in total. The van der Waals surface area contributed by atoms with Crippen LogP contribution in [0.3, 0.4) is 0 Å². The first-order chi connectivity index (χ1) is 16.7. The van der Waals surface area contributed by atoms with Gasteiger partial charge in [-0.3, -0.25) is 14.5 Å². The number of rotatable bonds is 5. The second kappa shape index (κ2) is 9.64. The highest BCUT2D eigenvalue weighted by Gasteiger charge is 2.47. The number of aliphatic hydroxyl groups is 1. The summed E-state index contributed by atoms with van der Waals surface area (Å²) < 4.78 is 5.20. The molecule has 0 radical (unpaired) electrons. The van der Waals surface area contributed by atoms with Gasteiger partial charge in [0.05, 0.1) is 23.3 Å². The van der Waals surface area contributed by atoms with Gasteiger partial charge in [0.2, 0.25) is 0 Å². The molecule has 2 N–H and O–H groups in total. The van der Waals surface area contributed by atoms with Crippen molar-refractivity contribution in [1.82, 2.24) is 0 Å². The zero-order valence-corrected chi connectivity index (χ0v) is 19.7. The molecule has 1 saturated heterocycles. The third-order valence-electron chi connectivity index (χ3n) is 5.49. The smallest absolute Gasteiger partial charge is 0.338 e. The highest BCUT2D eigenvalue weighted by Crippen LogP contribution is 2.42. The number of carbonyl (C=O) groups is 3. The quantitative estimate of drug-likeness (QED) is 0.219. The fourth-order valence-electron chi connectivity index (χ4n) is 3.87. The lowest BCUT2D eigenvalue weighted by Gasteiger charge is -2.25. The van der Waals surface area contributed by atoms with Crippen LogP contribution in [0.25, 0.3) is 5.76 Å². The third kappa shape index (κ3) is 4.76. The Balaban J connectivity index is 1.83. The van der Waals surface area contributed by atoms with Crippen molar-refractivity contribution in [2.75, 3.05) is 4.90 Å². The summed E-state index contributed by atoms with van der Waals surface area (Å²) in [5.74, 6) is -2.55. The lowest BCUT2D eigenvalue weighted by molar-refractivity contribution is -0.132. The molecule has 4 rings (SSSR count). The Labute approximate surface area is 206 Å².